The standard InChI is InChI=1S/C14H29OS.C4H10O3S/c1-6-8-10-16(11-9-7-2)12-13(15)14(3,4)5;1-2-3-4-8(5,6)7/h6-12H2,1-5H3;2-4H2,1H3,(H,5,6,7)/q+1;/p-1. The van der Waals surface area contributed by atoms with Gasteiger partial charge in [0.25, 0.3) is 0 Å². The Labute approximate surface area is 153 Å². The van der Waals surface area contributed by atoms with Gasteiger partial charge in [-0.2, -0.15) is 0 Å². The molecule has 6 heteroatoms. The summed E-state index contributed by atoms with van der Waals surface area (Å²) >= 11 is 0. The topological polar surface area (TPSA) is 74.3 Å². The van der Waals surface area contributed by atoms with E-state index >= 15 is 0 Å². The molecule has 146 valence electrons. The number of carbonyl (C=O) groups is 1. The van der Waals surface area contributed by atoms with Gasteiger partial charge in [0, 0.05) is 11.2 Å². The minimum Gasteiger partial charge on any atom is -0.748 e. The number of hydrogen-bond acceptors (Lipinski definition) is 4. The van der Waals surface area contributed by atoms with Gasteiger partial charge in [-0.3, -0.25) is 4.79 Å². The van der Waals surface area contributed by atoms with Crippen molar-refractivity contribution in [2.75, 3.05) is 23.0 Å². The number of hydrogen-bond donors (Lipinski definition) is 0. The second-order valence-electron chi connectivity index (χ2n) is 7.16. The molecule has 0 saturated carbocycles. The van der Waals surface area contributed by atoms with Crippen LogP contribution in [0.2, 0.25) is 0 Å². The lowest BCUT2D eigenvalue weighted by molar-refractivity contribution is -0.123. The van der Waals surface area contributed by atoms with Crippen LogP contribution in [-0.4, -0.2) is 41.8 Å². The number of ketones is 1. The third kappa shape index (κ3) is 18.3. The molecule has 0 aromatic rings. The summed E-state index contributed by atoms with van der Waals surface area (Å²) in [5, 5.41) is 0. The summed E-state index contributed by atoms with van der Waals surface area (Å²) in [6.45, 7) is 12.4. The van der Waals surface area contributed by atoms with E-state index in [2.05, 4.69) is 13.8 Å². The number of Topliss-reactive ketones (excluding diaryl/α,β-unsaturated/α-hetero) is 1. The Hall–Kier alpha value is -0.0700. The predicted molar refractivity (Wildman–Crippen MR) is 106 cm³/mol. The smallest absolute Gasteiger partial charge is 0.187 e. The van der Waals surface area contributed by atoms with Crippen LogP contribution in [0.4, 0.5) is 0 Å². The maximum Gasteiger partial charge on any atom is 0.187 e. The van der Waals surface area contributed by atoms with Gasteiger partial charge in [0.15, 0.2) is 11.5 Å². The minimum absolute atomic E-state index is 0.149. The van der Waals surface area contributed by atoms with E-state index < -0.39 is 10.1 Å². The van der Waals surface area contributed by atoms with E-state index in [0.717, 1.165) is 12.2 Å². The first-order chi connectivity index (χ1) is 11.0. The van der Waals surface area contributed by atoms with Gasteiger partial charge in [-0.1, -0.05) is 60.8 Å². The van der Waals surface area contributed by atoms with Crippen LogP contribution in [-0.2, 0) is 25.8 Å². The molecule has 0 radical (unpaired) electrons. The van der Waals surface area contributed by atoms with Crippen molar-refractivity contribution in [1.82, 2.24) is 0 Å². The zero-order valence-electron chi connectivity index (χ0n) is 16.5. The van der Waals surface area contributed by atoms with Gasteiger partial charge < -0.3 is 4.55 Å². The van der Waals surface area contributed by atoms with Gasteiger partial charge >= 0.3 is 0 Å². The highest BCUT2D eigenvalue weighted by atomic mass is 32.2. The quantitative estimate of drug-likeness (QED) is 0.397. The van der Waals surface area contributed by atoms with Crippen LogP contribution in [0.1, 0.15) is 80.1 Å². The fraction of sp³-hybridized carbons (Fsp3) is 0.944. The molecule has 0 amide bonds. The highest BCUT2D eigenvalue weighted by molar-refractivity contribution is 7.97. The lowest BCUT2D eigenvalue weighted by atomic mass is 9.92. The third-order valence-corrected chi connectivity index (χ3v) is 6.68. The van der Waals surface area contributed by atoms with E-state index in [1.165, 1.54) is 37.2 Å². The lowest BCUT2D eigenvalue weighted by Crippen LogP contribution is -2.30. The maximum absolute atomic E-state index is 12.0. The van der Waals surface area contributed by atoms with Gasteiger partial charge in [0.1, 0.15) is 11.5 Å². The molecule has 0 saturated heterocycles. The molecule has 4 nitrogen and oxygen atoms in total. The van der Waals surface area contributed by atoms with E-state index in [4.69, 9.17) is 0 Å². The van der Waals surface area contributed by atoms with Crippen molar-refractivity contribution in [1.29, 1.82) is 0 Å². The van der Waals surface area contributed by atoms with E-state index in [9.17, 15) is 17.8 Å². The molecule has 24 heavy (non-hydrogen) atoms. The molecule has 0 aliphatic rings. The van der Waals surface area contributed by atoms with Gasteiger partial charge in [-0.25, -0.2) is 8.42 Å². The third-order valence-electron chi connectivity index (χ3n) is 3.49. The van der Waals surface area contributed by atoms with Crippen molar-refractivity contribution in [2.24, 2.45) is 5.41 Å². The number of carbonyl (C=O) groups excluding carboxylic acids is 1. The minimum atomic E-state index is -3.94. The van der Waals surface area contributed by atoms with Crippen LogP contribution in [0, 0.1) is 5.41 Å². The summed E-state index contributed by atoms with van der Waals surface area (Å²) < 4.78 is 29.5. The first-order valence-corrected chi connectivity index (χ1v) is 12.4. The van der Waals surface area contributed by atoms with Crippen LogP contribution in [0.25, 0.3) is 0 Å². The predicted octanol–water partition coefficient (Wildman–Crippen LogP) is 4.15. The van der Waals surface area contributed by atoms with E-state index in [-0.39, 0.29) is 11.2 Å². The first kappa shape index (κ1) is 26.2. The average Bonchev–Trinajstić information content (AvgIpc) is 2.46. The Morgan fingerprint density at radius 3 is 1.58 bits per heavy atom. The van der Waals surface area contributed by atoms with Crippen LogP contribution in [0.5, 0.6) is 0 Å². The highest BCUT2D eigenvalue weighted by Crippen LogP contribution is 2.17. The maximum atomic E-state index is 12.0. The second-order valence-corrected chi connectivity index (χ2v) is 11.0. The molecule has 0 rings (SSSR count). The van der Waals surface area contributed by atoms with Crippen LogP contribution in [0.15, 0.2) is 0 Å². The zero-order valence-corrected chi connectivity index (χ0v) is 18.2. The summed E-state index contributed by atoms with van der Waals surface area (Å²) in [5.41, 5.74) is -0.149. The lowest BCUT2D eigenvalue weighted by Gasteiger charge is -2.17. The Balaban J connectivity index is 0. The van der Waals surface area contributed by atoms with Gasteiger partial charge in [-0.05, 0) is 30.2 Å². The molecule has 0 aliphatic heterocycles. The number of rotatable bonds is 11. The molecule has 0 unspecified atom stereocenters. The molecule has 0 heterocycles. The molecule has 0 spiro atoms. The molecule has 0 aromatic heterocycles. The Morgan fingerprint density at radius 1 is 0.917 bits per heavy atom. The highest BCUT2D eigenvalue weighted by Gasteiger charge is 2.29. The van der Waals surface area contributed by atoms with Crippen molar-refractivity contribution in [2.45, 2.75) is 80.1 Å². The average molecular weight is 383 g/mol. The largest absolute Gasteiger partial charge is 0.748 e. The van der Waals surface area contributed by atoms with Crippen LogP contribution < -0.4 is 0 Å². The first-order valence-electron chi connectivity index (χ1n) is 9.08. The van der Waals surface area contributed by atoms with Crippen molar-refractivity contribution in [3.05, 3.63) is 0 Å². The molecule has 0 aliphatic carbocycles. The van der Waals surface area contributed by atoms with Crippen molar-refractivity contribution in [3.63, 3.8) is 0 Å². The Kier molecular flexibility index (Phi) is 15.4. The van der Waals surface area contributed by atoms with Gasteiger partial charge in [-0.15, -0.1) is 0 Å². The summed E-state index contributed by atoms with van der Waals surface area (Å²) in [6.07, 6.45) is 6.29. The van der Waals surface area contributed by atoms with Gasteiger partial charge in [0.05, 0.1) is 10.1 Å². The fourth-order valence-corrected chi connectivity index (χ4v) is 5.00. The monoisotopic (exact) mass is 382 g/mol. The second kappa shape index (κ2) is 14.1. The Bertz CT molecular complexity index is 403. The van der Waals surface area contributed by atoms with Crippen molar-refractivity contribution < 1.29 is 17.8 Å². The normalized spacial score (nSPS) is 12.0. The Morgan fingerprint density at radius 2 is 1.33 bits per heavy atom. The summed E-state index contributed by atoms with van der Waals surface area (Å²) in [6, 6.07) is 0. The summed E-state index contributed by atoms with van der Waals surface area (Å²) in [5.74, 6) is 3.58. The molecule has 0 aromatic carbocycles. The molecular formula is C18H38O4S2. The molecule has 0 atom stereocenters. The summed E-state index contributed by atoms with van der Waals surface area (Å²) in [7, 11) is -3.59. The van der Waals surface area contributed by atoms with E-state index in [1.54, 1.807) is 0 Å². The summed E-state index contributed by atoms with van der Waals surface area (Å²) in [4.78, 5) is 12.0. The van der Waals surface area contributed by atoms with E-state index in [0.29, 0.717) is 23.1 Å². The molecule has 0 N–H and O–H groups in total. The fourth-order valence-electron chi connectivity index (χ4n) is 1.67. The zero-order chi connectivity index (χ0) is 19.2. The SMILES string of the molecule is CCCCS(=O)(=O)[O-].CCCC[S+](CCCC)CC(=O)C(C)(C)C. The van der Waals surface area contributed by atoms with Crippen LogP contribution in [0.3, 0.4) is 0 Å². The molecule has 0 fully saturated rings. The van der Waals surface area contributed by atoms with E-state index in [1.807, 2.05) is 27.7 Å². The van der Waals surface area contributed by atoms with Crippen LogP contribution >= 0.6 is 0 Å². The molecule has 0 bridgehead atoms. The number of unbranched alkanes of at least 4 members (excludes halogenated alkanes) is 3. The van der Waals surface area contributed by atoms with Crippen molar-refractivity contribution in [3.8, 4) is 0 Å². The van der Waals surface area contributed by atoms with Crippen molar-refractivity contribution >= 4 is 26.8 Å². The van der Waals surface area contributed by atoms with Gasteiger partial charge in [0.2, 0.25) is 0 Å². The molecular weight excluding hydrogens is 344 g/mol.